The molecule has 0 radical (unpaired) electrons. The summed E-state index contributed by atoms with van der Waals surface area (Å²) in [5.74, 6) is -0.0172. The molecule has 1 saturated carbocycles. The van der Waals surface area contributed by atoms with Crippen LogP contribution in [0.5, 0.6) is 5.75 Å². The summed E-state index contributed by atoms with van der Waals surface area (Å²) in [5.41, 5.74) is 0.938. The first kappa shape index (κ1) is 13.3. The van der Waals surface area contributed by atoms with E-state index in [2.05, 4.69) is 5.32 Å². The third-order valence-electron chi connectivity index (χ3n) is 3.31. The maximum Gasteiger partial charge on any atom is 0.165 e. The van der Waals surface area contributed by atoms with Crippen LogP contribution in [0.3, 0.4) is 0 Å². The summed E-state index contributed by atoms with van der Waals surface area (Å²) >= 11 is 0. The fourth-order valence-corrected chi connectivity index (χ4v) is 2.19. The first-order chi connectivity index (χ1) is 8.72. The Morgan fingerprint density at radius 3 is 2.78 bits per heavy atom. The van der Waals surface area contributed by atoms with Gasteiger partial charge in [-0.1, -0.05) is 6.07 Å². The predicted octanol–water partition coefficient (Wildman–Crippen LogP) is 2.49. The molecule has 18 heavy (non-hydrogen) atoms. The van der Waals surface area contributed by atoms with Gasteiger partial charge in [-0.05, 0) is 37.5 Å². The fourth-order valence-electron chi connectivity index (χ4n) is 2.19. The predicted molar refractivity (Wildman–Crippen MR) is 68.2 cm³/mol. The van der Waals surface area contributed by atoms with E-state index in [0.717, 1.165) is 25.0 Å². The van der Waals surface area contributed by atoms with Gasteiger partial charge in [0.15, 0.2) is 11.6 Å². The van der Waals surface area contributed by atoms with Crippen molar-refractivity contribution < 1.29 is 13.9 Å². The van der Waals surface area contributed by atoms with Crippen LogP contribution in [0.4, 0.5) is 4.39 Å². The highest BCUT2D eigenvalue weighted by molar-refractivity contribution is 5.29. The Hall–Kier alpha value is -1.13. The maximum absolute atomic E-state index is 13.5. The number of ether oxygens (including phenoxy) is 2. The van der Waals surface area contributed by atoms with Crippen LogP contribution < -0.4 is 10.1 Å². The highest BCUT2D eigenvalue weighted by atomic mass is 19.1. The Kier molecular flexibility index (Phi) is 4.55. The second-order valence-electron chi connectivity index (χ2n) is 4.60. The normalized spacial score (nSPS) is 22.6. The van der Waals surface area contributed by atoms with Gasteiger partial charge in [0.05, 0.1) is 13.2 Å². The van der Waals surface area contributed by atoms with E-state index in [9.17, 15) is 4.39 Å². The zero-order valence-corrected chi connectivity index (χ0v) is 10.9. The van der Waals surface area contributed by atoms with Crippen molar-refractivity contribution in [1.82, 2.24) is 5.32 Å². The molecule has 100 valence electrons. The van der Waals surface area contributed by atoms with Gasteiger partial charge in [-0.25, -0.2) is 4.39 Å². The molecule has 1 aliphatic rings. The molecule has 4 heteroatoms. The maximum atomic E-state index is 13.5. The first-order valence-electron chi connectivity index (χ1n) is 6.40. The Labute approximate surface area is 107 Å². The number of benzene rings is 1. The van der Waals surface area contributed by atoms with Crippen LogP contribution in [0.1, 0.15) is 25.3 Å². The molecule has 2 rings (SSSR count). The topological polar surface area (TPSA) is 30.5 Å². The molecule has 0 unspecified atom stereocenters. The molecule has 1 aromatic rings. The number of halogens is 1. The quantitative estimate of drug-likeness (QED) is 0.845. The van der Waals surface area contributed by atoms with Crippen LogP contribution in [0.2, 0.25) is 0 Å². The van der Waals surface area contributed by atoms with Gasteiger partial charge in [-0.2, -0.15) is 0 Å². The minimum atomic E-state index is -0.308. The van der Waals surface area contributed by atoms with Crippen LogP contribution in [0.15, 0.2) is 18.2 Å². The SMILES string of the molecule is CCOC1CC(NCc2ccc(OC)c(F)c2)C1. The average molecular weight is 253 g/mol. The summed E-state index contributed by atoms with van der Waals surface area (Å²) in [5, 5.41) is 3.40. The monoisotopic (exact) mass is 253 g/mol. The zero-order valence-electron chi connectivity index (χ0n) is 10.9. The lowest BCUT2D eigenvalue weighted by atomic mass is 9.89. The van der Waals surface area contributed by atoms with Gasteiger partial charge in [0.1, 0.15) is 0 Å². The zero-order chi connectivity index (χ0) is 13.0. The molecule has 1 aliphatic carbocycles. The van der Waals surface area contributed by atoms with E-state index < -0.39 is 0 Å². The van der Waals surface area contributed by atoms with Gasteiger partial charge in [-0.3, -0.25) is 0 Å². The van der Waals surface area contributed by atoms with E-state index in [1.807, 2.05) is 13.0 Å². The van der Waals surface area contributed by atoms with Crippen molar-refractivity contribution in [2.75, 3.05) is 13.7 Å². The second-order valence-corrected chi connectivity index (χ2v) is 4.60. The van der Waals surface area contributed by atoms with Gasteiger partial charge in [0.2, 0.25) is 0 Å². The Morgan fingerprint density at radius 1 is 1.39 bits per heavy atom. The number of nitrogens with one attached hydrogen (secondary N) is 1. The summed E-state index contributed by atoms with van der Waals surface area (Å²) in [6, 6.07) is 5.56. The van der Waals surface area contributed by atoms with E-state index in [1.54, 1.807) is 6.07 Å². The molecule has 1 N–H and O–H groups in total. The van der Waals surface area contributed by atoms with Crippen molar-refractivity contribution in [3.8, 4) is 5.75 Å². The van der Waals surface area contributed by atoms with Gasteiger partial charge < -0.3 is 14.8 Å². The Balaban J connectivity index is 1.76. The Bertz CT molecular complexity index is 391. The summed E-state index contributed by atoms with van der Waals surface area (Å²) in [4.78, 5) is 0. The fraction of sp³-hybridized carbons (Fsp3) is 0.571. The molecule has 0 bridgehead atoms. The van der Waals surface area contributed by atoms with E-state index in [4.69, 9.17) is 9.47 Å². The van der Waals surface area contributed by atoms with Gasteiger partial charge in [0, 0.05) is 19.2 Å². The molecule has 0 aromatic heterocycles. The lowest BCUT2D eigenvalue weighted by molar-refractivity contribution is -0.0102. The molecule has 0 amide bonds. The van der Waals surface area contributed by atoms with Crippen LogP contribution in [0.25, 0.3) is 0 Å². The van der Waals surface area contributed by atoms with Crippen molar-refractivity contribution in [3.05, 3.63) is 29.6 Å². The lowest BCUT2D eigenvalue weighted by Gasteiger charge is -2.35. The van der Waals surface area contributed by atoms with E-state index in [1.165, 1.54) is 13.2 Å². The highest BCUT2D eigenvalue weighted by Crippen LogP contribution is 2.24. The van der Waals surface area contributed by atoms with Crippen molar-refractivity contribution in [1.29, 1.82) is 0 Å². The van der Waals surface area contributed by atoms with Crippen LogP contribution in [-0.2, 0) is 11.3 Å². The standard InChI is InChI=1S/C14H20FNO2/c1-3-18-12-7-11(8-12)16-9-10-4-5-14(17-2)13(15)6-10/h4-6,11-12,16H,3,7-9H2,1-2H3. The van der Waals surface area contributed by atoms with E-state index in [-0.39, 0.29) is 5.82 Å². The summed E-state index contributed by atoms with van der Waals surface area (Å²) in [6.07, 6.45) is 2.50. The smallest absolute Gasteiger partial charge is 0.165 e. The van der Waals surface area contributed by atoms with Crippen LogP contribution in [-0.4, -0.2) is 25.9 Å². The Morgan fingerprint density at radius 2 is 2.17 bits per heavy atom. The lowest BCUT2D eigenvalue weighted by Crippen LogP contribution is -2.45. The van der Waals surface area contributed by atoms with Crippen molar-refractivity contribution in [3.63, 3.8) is 0 Å². The minimum absolute atomic E-state index is 0.291. The van der Waals surface area contributed by atoms with E-state index >= 15 is 0 Å². The van der Waals surface area contributed by atoms with Crippen LogP contribution >= 0.6 is 0 Å². The third-order valence-corrected chi connectivity index (χ3v) is 3.31. The van der Waals surface area contributed by atoms with Crippen molar-refractivity contribution in [2.24, 2.45) is 0 Å². The summed E-state index contributed by atoms with van der Waals surface area (Å²) in [7, 11) is 1.47. The second kappa shape index (κ2) is 6.16. The summed E-state index contributed by atoms with van der Waals surface area (Å²) in [6.45, 7) is 3.48. The minimum Gasteiger partial charge on any atom is -0.494 e. The largest absolute Gasteiger partial charge is 0.494 e. The molecule has 1 fully saturated rings. The molecule has 0 saturated heterocycles. The number of hydrogen-bond donors (Lipinski definition) is 1. The molecule has 0 aliphatic heterocycles. The number of methoxy groups -OCH3 is 1. The molecular weight excluding hydrogens is 233 g/mol. The van der Waals surface area contributed by atoms with Crippen LogP contribution in [0, 0.1) is 5.82 Å². The molecule has 0 atom stereocenters. The van der Waals surface area contributed by atoms with Gasteiger partial charge in [0.25, 0.3) is 0 Å². The van der Waals surface area contributed by atoms with Gasteiger partial charge in [-0.15, -0.1) is 0 Å². The molecular formula is C14H20FNO2. The average Bonchev–Trinajstić information content (AvgIpc) is 2.32. The highest BCUT2D eigenvalue weighted by Gasteiger charge is 2.28. The summed E-state index contributed by atoms with van der Waals surface area (Å²) < 4.78 is 23.8. The van der Waals surface area contributed by atoms with Gasteiger partial charge >= 0.3 is 0 Å². The van der Waals surface area contributed by atoms with E-state index in [0.29, 0.717) is 24.4 Å². The molecule has 0 spiro atoms. The van der Waals surface area contributed by atoms with Crippen molar-refractivity contribution >= 4 is 0 Å². The van der Waals surface area contributed by atoms with Crippen molar-refractivity contribution in [2.45, 2.75) is 38.5 Å². The third kappa shape index (κ3) is 3.21. The first-order valence-corrected chi connectivity index (χ1v) is 6.40. The number of hydrogen-bond acceptors (Lipinski definition) is 3. The molecule has 3 nitrogen and oxygen atoms in total. The molecule has 1 aromatic carbocycles. The number of rotatable bonds is 6. The molecule has 0 heterocycles.